The summed E-state index contributed by atoms with van der Waals surface area (Å²) in [4.78, 5) is 22.1. The molecule has 100 valence electrons. The lowest BCUT2D eigenvalue weighted by Gasteiger charge is -2.31. The number of carbonyl (C=O) groups is 2. The lowest BCUT2D eigenvalue weighted by molar-refractivity contribution is -0.131. The number of fused-ring (bicyclic) bond motifs is 1. The van der Waals surface area contributed by atoms with Crippen molar-refractivity contribution in [3.63, 3.8) is 0 Å². The Kier molecular flexibility index (Phi) is 2.69. The average molecular weight is 262 g/mol. The zero-order chi connectivity index (χ0) is 13.5. The highest BCUT2D eigenvalue weighted by Gasteiger charge is 2.42. The normalized spacial score (nSPS) is 19.4. The zero-order valence-electron chi connectivity index (χ0n) is 10.3. The van der Waals surface area contributed by atoms with Crippen molar-refractivity contribution >= 4 is 11.8 Å². The van der Waals surface area contributed by atoms with E-state index in [4.69, 9.17) is 14.6 Å². The van der Waals surface area contributed by atoms with Crippen LogP contribution in [0.4, 0.5) is 0 Å². The number of hydrogen-bond acceptors (Lipinski definition) is 4. The monoisotopic (exact) mass is 262 g/mol. The molecule has 5 nitrogen and oxygen atoms in total. The van der Waals surface area contributed by atoms with Crippen LogP contribution < -0.4 is 9.47 Å². The smallest absolute Gasteiger partial charge is 0.377 e. The van der Waals surface area contributed by atoms with Gasteiger partial charge in [-0.05, 0) is 31.0 Å². The molecule has 1 saturated carbocycles. The standard InChI is InChI=1S/C14H14O5/c15-12(13(16)17)9-4-5-10-11(8-9)19-14(18-10)6-2-1-3-7-14/h4-5,8H,1-3,6-7H2,(H,16,17). The van der Waals surface area contributed by atoms with Crippen LogP contribution in [0.25, 0.3) is 0 Å². The van der Waals surface area contributed by atoms with Crippen molar-refractivity contribution in [1.29, 1.82) is 0 Å². The van der Waals surface area contributed by atoms with E-state index < -0.39 is 17.5 Å². The Bertz CT molecular complexity index is 543. The average Bonchev–Trinajstić information content (AvgIpc) is 2.74. The Morgan fingerprint density at radius 1 is 1.05 bits per heavy atom. The number of ether oxygens (including phenoxy) is 2. The summed E-state index contributed by atoms with van der Waals surface area (Å²) in [5, 5.41) is 8.70. The predicted molar refractivity (Wildman–Crippen MR) is 65.5 cm³/mol. The van der Waals surface area contributed by atoms with Gasteiger partial charge in [0.2, 0.25) is 0 Å². The van der Waals surface area contributed by atoms with Gasteiger partial charge in [0, 0.05) is 18.4 Å². The first-order chi connectivity index (χ1) is 9.10. The fourth-order valence-corrected chi connectivity index (χ4v) is 2.65. The van der Waals surface area contributed by atoms with Gasteiger partial charge in [-0.15, -0.1) is 0 Å². The van der Waals surface area contributed by atoms with Gasteiger partial charge < -0.3 is 14.6 Å². The minimum atomic E-state index is -1.47. The summed E-state index contributed by atoms with van der Waals surface area (Å²) in [6.45, 7) is 0. The van der Waals surface area contributed by atoms with E-state index in [0.717, 1.165) is 25.7 Å². The molecule has 2 aliphatic rings. The SMILES string of the molecule is O=C(O)C(=O)c1ccc2c(c1)OC1(CCCCC1)O2. The van der Waals surface area contributed by atoms with E-state index >= 15 is 0 Å². The summed E-state index contributed by atoms with van der Waals surface area (Å²) < 4.78 is 11.7. The van der Waals surface area contributed by atoms with Crippen LogP contribution in [0.2, 0.25) is 0 Å². The highest BCUT2D eigenvalue weighted by atomic mass is 16.7. The fourth-order valence-electron chi connectivity index (χ4n) is 2.65. The molecule has 5 heteroatoms. The summed E-state index contributed by atoms with van der Waals surface area (Å²) in [6.07, 6.45) is 4.92. The third-order valence-electron chi connectivity index (χ3n) is 3.61. The molecule has 0 aromatic heterocycles. The van der Waals surface area contributed by atoms with E-state index in [1.807, 2.05) is 0 Å². The first-order valence-electron chi connectivity index (χ1n) is 6.39. The second-order valence-corrected chi connectivity index (χ2v) is 4.97. The molecule has 1 aromatic rings. The molecule has 1 heterocycles. The van der Waals surface area contributed by atoms with Crippen LogP contribution in [0.1, 0.15) is 42.5 Å². The predicted octanol–water partition coefficient (Wildman–Crippen LogP) is 2.39. The summed E-state index contributed by atoms with van der Waals surface area (Å²) >= 11 is 0. The van der Waals surface area contributed by atoms with Crippen molar-refractivity contribution in [2.24, 2.45) is 0 Å². The summed E-state index contributed by atoms with van der Waals surface area (Å²) in [5.41, 5.74) is 0.114. The minimum Gasteiger partial charge on any atom is -0.475 e. The van der Waals surface area contributed by atoms with Gasteiger partial charge in [0.1, 0.15) is 0 Å². The van der Waals surface area contributed by atoms with Crippen LogP contribution in [0.5, 0.6) is 11.5 Å². The second kappa shape index (κ2) is 4.26. The van der Waals surface area contributed by atoms with Gasteiger partial charge in [-0.25, -0.2) is 4.79 Å². The summed E-state index contributed by atoms with van der Waals surface area (Å²) in [5.74, 6) is -1.95. The number of carbonyl (C=O) groups excluding carboxylic acids is 1. The lowest BCUT2D eigenvalue weighted by atomic mass is 9.94. The highest BCUT2D eigenvalue weighted by Crippen LogP contribution is 2.45. The molecule has 0 amide bonds. The van der Waals surface area contributed by atoms with Gasteiger partial charge in [-0.2, -0.15) is 0 Å². The Morgan fingerprint density at radius 2 is 1.74 bits per heavy atom. The van der Waals surface area contributed by atoms with Gasteiger partial charge in [0.05, 0.1) is 0 Å². The lowest BCUT2D eigenvalue weighted by Crippen LogP contribution is -2.40. The van der Waals surface area contributed by atoms with Crippen LogP contribution in [-0.4, -0.2) is 22.6 Å². The highest BCUT2D eigenvalue weighted by molar-refractivity contribution is 6.39. The molecule has 1 aliphatic heterocycles. The van der Waals surface area contributed by atoms with Gasteiger partial charge >= 0.3 is 5.97 Å². The van der Waals surface area contributed by atoms with E-state index in [0.29, 0.717) is 11.5 Å². The Balaban J connectivity index is 1.87. The topological polar surface area (TPSA) is 72.8 Å². The number of hydrogen-bond donors (Lipinski definition) is 1. The van der Waals surface area contributed by atoms with E-state index in [-0.39, 0.29) is 5.56 Å². The molecule has 3 rings (SSSR count). The Labute approximate surface area is 110 Å². The molecule has 1 aliphatic carbocycles. The minimum absolute atomic E-state index is 0.114. The maximum Gasteiger partial charge on any atom is 0.377 e. The van der Waals surface area contributed by atoms with Crippen molar-refractivity contribution in [2.45, 2.75) is 37.9 Å². The molecule has 1 spiro atoms. The molecular weight excluding hydrogens is 248 g/mol. The van der Waals surface area contributed by atoms with Crippen LogP contribution in [0.15, 0.2) is 18.2 Å². The van der Waals surface area contributed by atoms with Gasteiger partial charge in [-0.1, -0.05) is 6.42 Å². The van der Waals surface area contributed by atoms with Crippen LogP contribution >= 0.6 is 0 Å². The van der Waals surface area contributed by atoms with Gasteiger partial charge in [0.25, 0.3) is 11.6 Å². The van der Waals surface area contributed by atoms with Gasteiger partial charge in [0.15, 0.2) is 11.5 Å². The second-order valence-electron chi connectivity index (χ2n) is 4.97. The largest absolute Gasteiger partial charge is 0.475 e. The van der Waals surface area contributed by atoms with Crippen LogP contribution in [-0.2, 0) is 4.79 Å². The number of aliphatic carboxylic acids is 1. The molecule has 1 aromatic carbocycles. The van der Waals surface area contributed by atoms with E-state index in [9.17, 15) is 9.59 Å². The van der Waals surface area contributed by atoms with Gasteiger partial charge in [-0.3, -0.25) is 4.79 Å². The van der Waals surface area contributed by atoms with Crippen LogP contribution in [0.3, 0.4) is 0 Å². The number of benzene rings is 1. The molecule has 1 N–H and O–H groups in total. The molecule has 0 bridgehead atoms. The molecule has 0 unspecified atom stereocenters. The van der Waals surface area contributed by atoms with E-state index in [1.54, 1.807) is 6.07 Å². The maximum atomic E-state index is 11.4. The number of ketones is 1. The zero-order valence-corrected chi connectivity index (χ0v) is 10.3. The number of Topliss-reactive ketones (excluding diaryl/α,β-unsaturated/α-hetero) is 1. The quantitative estimate of drug-likeness (QED) is 0.654. The van der Waals surface area contributed by atoms with Crippen molar-refractivity contribution in [1.82, 2.24) is 0 Å². The third kappa shape index (κ3) is 2.05. The maximum absolute atomic E-state index is 11.4. The summed E-state index contributed by atoms with van der Waals surface area (Å²) in [7, 11) is 0. The molecule has 1 fully saturated rings. The Morgan fingerprint density at radius 3 is 2.42 bits per heavy atom. The number of carboxylic acid groups (broad SMARTS) is 1. The van der Waals surface area contributed by atoms with Crippen molar-refractivity contribution in [2.75, 3.05) is 0 Å². The molecule has 0 radical (unpaired) electrons. The molecule has 0 atom stereocenters. The number of carboxylic acids is 1. The van der Waals surface area contributed by atoms with E-state index in [2.05, 4.69) is 0 Å². The van der Waals surface area contributed by atoms with Crippen molar-refractivity contribution < 1.29 is 24.2 Å². The first-order valence-corrected chi connectivity index (χ1v) is 6.39. The molecular formula is C14H14O5. The fraction of sp³-hybridized carbons (Fsp3) is 0.429. The van der Waals surface area contributed by atoms with E-state index in [1.165, 1.54) is 18.6 Å². The van der Waals surface area contributed by atoms with Crippen molar-refractivity contribution in [3.8, 4) is 11.5 Å². The summed E-state index contributed by atoms with van der Waals surface area (Å²) in [6, 6.07) is 4.52. The van der Waals surface area contributed by atoms with Crippen LogP contribution in [0, 0.1) is 0 Å². The first kappa shape index (κ1) is 12.0. The Hall–Kier alpha value is -2.04. The van der Waals surface area contributed by atoms with Crippen molar-refractivity contribution in [3.05, 3.63) is 23.8 Å². The molecule has 0 saturated heterocycles. The number of rotatable bonds is 2. The third-order valence-corrected chi connectivity index (χ3v) is 3.61. The molecule has 19 heavy (non-hydrogen) atoms.